The van der Waals surface area contributed by atoms with Gasteiger partial charge < -0.3 is 19.7 Å². The van der Waals surface area contributed by atoms with Crippen molar-refractivity contribution in [3.05, 3.63) is 48.0 Å². The van der Waals surface area contributed by atoms with Crippen molar-refractivity contribution in [2.75, 3.05) is 44.8 Å². The zero-order valence-electron chi connectivity index (χ0n) is 18.9. The maximum Gasteiger partial charge on any atom is 0.146 e. The van der Waals surface area contributed by atoms with E-state index in [-0.39, 0.29) is 0 Å². The van der Waals surface area contributed by atoms with Crippen molar-refractivity contribution in [1.82, 2.24) is 14.9 Å². The average Bonchev–Trinajstić information content (AvgIpc) is 3.27. The van der Waals surface area contributed by atoms with E-state index in [1.54, 1.807) is 12.1 Å². The van der Waals surface area contributed by atoms with E-state index in [2.05, 4.69) is 20.2 Å². The second kappa shape index (κ2) is 9.65. The molecule has 2 unspecified atom stereocenters. The summed E-state index contributed by atoms with van der Waals surface area (Å²) in [5.41, 5.74) is 2.46. The van der Waals surface area contributed by atoms with Gasteiger partial charge in [-0.25, -0.2) is 14.4 Å². The number of hydrogen-bond acceptors (Lipinski definition) is 6. The third-order valence-electron chi connectivity index (χ3n) is 6.69. The second-order valence-corrected chi connectivity index (χ2v) is 9.07. The zero-order chi connectivity index (χ0) is 22.8. The number of hydrogen-bond donors (Lipinski definition) is 1. The summed E-state index contributed by atoms with van der Waals surface area (Å²) < 4.78 is 26.1. The number of aryl methyl sites for hydroxylation is 1. The predicted octanol–water partition coefficient (Wildman–Crippen LogP) is 3.35. The molecule has 2 atom stereocenters. The quantitative estimate of drug-likeness (QED) is 0.444. The first-order chi connectivity index (χ1) is 16.1. The van der Waals surface area contributed by atoms with Crippen molar-refractivity contribution in [2.45, 2.75) is 19.8 Å². The fraction of sp³-hybridized carbons (Fsp3) is 0.440. The van der Waals surface area contributed by atoms with E-state index in [0.717, 1.165) is 67.4 Å². The van der Waals surface area contributed by atoms with Crippen LogP contribution < -0.4 is 15.5 Å². The summed E-state index contributed by atoms with van der Waals surface area (Å²) in [7, 11) is 5.66. The summed E-state index contributed by atoms with van der Waals surface area (Å²) in [6.07, 6.45) is 3.67. The topological polar surface area (TPSA) is 59.5 Å². The first-order valence-electron chi connectivity index (χ1n) is 11.6. The Morgan fingerprint density at radius 1 is 1.21 bits per heavy atom. The number of fused-ring (bicyclic) bond motifs is 2. The van der Waals surface area contributed by atoms with Gasteiger partial charge in [-0.05, 0) is 62.1 Å². The van der Waals surface area contributed by atoms with E-state index in [1.807, 2.05) is 19.1 Å². The van der Waals surface area contributed by atoms with E-state index < -0.39 is 5.82 Å². The number of piperidine rings is 1. The first kappa shape index (κ1) is 22.1. The molecule has 2 aliphatic rings. The van der Waals surface area contributed by atoms with Crippen LogP contribution in [0.25, 0.3) is 10.9 Å². The van der Waals surface area contributed by atoms with Crippen LogP contribution in [0.2, 0.25) is 0 Å². The minimum atomic E-state index is -0.432. The van der Waals surface area contributed by atoms with Gasteiger partial charge >= 0.3 is 0 Å². The van der Waals surface area contributed by atoms with E-state index in [4.69, 9.17) is 17.3 Å². The standard InChI is InChI=1S/C25H28BFN4O2/c1-16-9-23-20(25(29-15-28-23)30-22-4-3-19(26)10-21(22)27)11-24(16)33-8-2-6-31-7-5-17-13-32-14-18(17)12-31/h3-4,9-11,15,17-18H,2,5-8,12-14H2,1H3,(H,28,29,30). The van der Waals surface area contributed by atoms with E-state index in [0.29, 0.717) is 29.5 Å². The SMILES string of the molecule is [B]c1ccc(Nc2ncnc3cc(C)c(OCCCN4CCC5COCC5C4)cc23)c(F)c1. The van der Waals surface area contributed by atoms with E-state index in [1.165, 1.54) is 18.8 Å². The lowest BCUT2D eigenvalue weighted by Gasteiger charge is -2.33. The highest BCUT2D eigenvalue weighted by Gasteiger charge is 2.33. The van der Waals surface area contributed by atoms with Gasteiger partial charge in [0.25, 0.3) is 0 Å². The van der Waals surface area contributed by atoms with Crippen LogP contribution in [0, 0.1) is 24.6 Å². The highest BCUT2D eigenvalue weighted by atomic mass is 19.1. The number of halogens is 1. The van der Waals surface area contributed by atoms with Crippen LogP contribution in [0.3, 0.4) is 0 Å². The van der Waals surface area contributed by atoms with Crippen molar-refractivity contribution < 1.29 is 13.9 Å². The molecule has 170 valence electrons. The van der Waals surface area contributed by atoms with Crippen molar-refractivity contribution in [2.24, 2.45) is 11.8 Å². The van der Waals surface area contributed by atoms with Crippen molar-refractivity contribution in [1.29, 1.82) is 0 Å². The molecule has 5 rings (SSSR count). The number of anilines is 2. The van der Waals surface area contributed by atoms with Gasteiger partial charge in [0.15, 0.2) is 0 Å². The van der Waals surface area contributed by atoms with Gasteiger partial charge in [-0.1, -0.05) is 11.5 Å². The number of ether oxygens (including phenoxy) is 2. The van der Waals surface area contributed by atoms with Crippen LogP contribution in [-0.2, 0) is 4.74 Å². The van der Waals surface area contributed by atoms with Crippen LogP contribution in [0.15, 0.2) is 36.7 Å². The van der Waals surface area contributed by atoms with Gasteiger partial charge in [0.1, 0.15) is 31.6 Å². The van der Waals surface area contributed by atoms with Crippen LogP contribution in [0.1, 0.15) is 18.4 Å². The third kappa shape index (κ3) is 4.97. The Bertz CT molecular complexity index is 1140. The van der Waals surface area contributed by atoms with E-state index in [9.17, 15) is 4.39 Å². The lowest BCUT2D eigenvalue weighted by atomic mass is 9.89. The lowest BCUT2D eigenvalue weighted by molar-refractivity contribution is 0.138. The lowest BCUT2D eigenvalue weighted by Crippen LogP contribution is -2.40. The highest BCUT2D eigenvalue weighted by Crippen LogP contribution is 2.31. The summed E-state index contributed by atoms with van der Waals surface area (Å²) in [6, 6.07) is 8.44. The van der Waals surface area contributed by atoms with Crippen LogP contribution in [-0.4, -0.2) is 62.2 Å². The Hall–Kier alpha value is -2.71. The summed E-state index contributed by atoms with van der Waals surface area (Å²) in [4.78, 5) is 11.2. The molecule has 2 fully saturated rings. The maximum absolute atomic E-state index is 14.3. The normalized spacial score (nSPS) is 20.7. The molecule has 0 amide bonds. The molecule has 0 bridgehead atoms. The number of rotatable bonds is 7. The largest absolute Gasteiger partial charge is 0.493 e. The van der Waals surface area contributed by atoms with Crippen LogP contribution >= 0.6 is 0 Å². The number of aromatic nitrogens is 2. The van der Waals surface area contributed by atoms with Gasteiger partial charge in [-0.2, -0.15) is 0 Å². The maximum atomic E-state index is 14.3. The molecule has 1 N–H and O–H groups in total. The molecule has 2 saturated heterocycles. The van der Waals surface area contributed by atoms with Crippen LogP contribution in [0.4, 0.5) is 15.9 Å². The molecule has 33 heavy (non-hydrogen) atoms. The molecule has 1 aromatic heterocycles. The number of benzene rings is 2. The molecule has 6 nitrogen and oxygen atoms in total. The third-order valence-corrected chi connectivity index (χ3v) is 6.69. The number of nitrogens with zero attached hydrogens (tertiary/aromatic N) is 3. The molecule has 2 radical (unpaired) electrons. The summed E-state index contributed by atoms with van der Waals surface area (Å²) in [5.74, 6) is 2.33. The Morgan fingerprint density at radius 3 is 2.97 bits per heavy atom. The van der Waals surface area contributed by atoms with Crippen molar-refractivity contribution >= 4 is 35.7 Å². The zero-order valence-corrected chi connectivity index (χ0v) is 18.9. The van der Waals surface area contributed by atoms with Crippen molar-refractivity contribution in [3.63, 3.8) is 0 Å². The predicted molar refractivity (Wildman–Crippen MR) is 128 cm³/mol. The minimum absolute atomic E-state index is 0.309. The number of nitrogens with one attached hydrogen (secondary N) is 1. The highest BCUT2D eigenvalue weighted by molar-refractivity contribution is 6.32. The molecule has 0 saturated carbocycles. The van der Waals surface area contributed by atoms with Crippen molar-refractivity contribution in [3.8, 4) is 5.75 Å². The Kier molecular flexibility index (Phi) is 6.47. The molecular weight excluding hydrogens is 418 g/mol. The molecule has 2 aliphatic heterocycles. The van der Waals surface area contributed by atoms with Gasteiger partial charge in [-0.3, -0.25) is 0 Å². The second-order valence-electron chi connectivity index (χ2n) is 9.07. The van der Waals surface area contributed by atoms with Gasteiger partial charge in [0.2, 0.25) is 0 Å². The smallest absolute Gasteiger partial charge is 0.146 e. The van der Waals surface area contributed by atoms with Crippen LogP contribution in [0.5, 0.6) is 5.75 Å². The summed E-state index contributed by atoms with van der Waals surface area (Å²) in [5, 5.41) is 3.84. The summed E-state index contributed by atoms with van der Waals surface area (Å²) in [6.45, 7) is 7.80. The van der Waals surface area contributed by atoms with Gasteiger partial charge in [-0.15, -0.1) is 0 Å². The van der Waals surface area contributed by atoms with Gasteiger partial charge in [0.05, 0.1) is 24.4 Å². The fourth-order valence-corrected chi connectivity index (χ4v) is 4.81. The Labute approximate surface area is 194 Å². The molecular formula is C25H28BFN4O2. The fourth-order valence-electron chi connectivity index (χ4n) is 4.81. The summed E-state index contributed by atoms with van der Waals surface area (Å²) >= 11 is 0. The molecule has 3 aromatic rings. The average molecular weight is 446 g/mol. The Morgan fingerprint density at radius 2 is 2.09 bits per heavy atom. The molecule has 0 aliphatic carbocycles. The first-order valence-corrected chi connectivity index (χ1v) is 11.6. The monoisotopic (exact) mass is 446 g/mol. The molecule has 3 heterocycles. The molecule has 0 spiro atoms. The van der Waals surface area contributed by atoms with E-state index >= 15 is 0 Å². The number of likely N-dealkylation sites (tertiary alicyclic amines) is 1. The molecule has 2 aromatic carbocycles. The molecule has 8 heteroatoms. The Balaban J connectivity index is 1.24. The minimum Gasteiger partial charge on any atom is -0.493 e. The van der Waals surface area contributed by atoms with Gasteiger partial charge in [0, 0.05) is 31.0 Å².